The molecule has 7 nitrogen and oxygen atoms in total. The minimum atomic E-state index is -0.971. The highest BCUT2D eigenvalue weighted by Crippen LogP contribution is 2.14. The van der Waals surface area contributed by atoms with Crippen LogP contribution in [0, 0.1) is 6.92 Å². The zero-order valence-corrected chi connectivity index (χ0v) is 16.0. The van der Waals surface area contributed by atoms with E-state index in [4.69, 9.17) is 9.15 Å². The van der Waals surface area contributed by atoms with Gasteiger partial charge < -0.3 is 19.8 Å². The molecule has 148 valence electrons. The second-order valence-corrected chi connectivity index (χ2v) is 6.42. The zero-order chi connectivity index (χ0) is 20.8. The van der Waals surface area contributed by atoms with E-state index in [0.717, 1.165) is 5.56 Å². The van der Waals surface area contributed by atoms with Crippen LogP contribution in [0.1, 0.15) is 33.4 Å². The highest BCUT2D eigenvalue weighted by molar-refractivity contribution is 6.02. The van der Waals surface area contributed by atoms with Crippen molar-refractivity contribution in [3.8, 4) is 0 Å². The van der Waals surface area contributed by atoms with E-state index >= 15 is 0 Å². The SMILES string of the molecule is Cc1cccc(NC(=O)[C@H](C)OC(=O)c2ccc(NC(=O)c3ccco3)cc2)c1. The molecule has 0 fully saturated rings. The molecule has 7 heteroatoms. The van der Waals surface area contributed by atoms with Gasteiger partial charge in [-0.3, -0.25) is 9.59 Å². The van der Waals surface area contributed by atoms with Crippen LogP contribution >= 0.6 is 0 Å². The predicted octanol–water partition coefficient (Wildman–Crippen LogP) is 4.02. The Balaban J connectivity index is 1.55. The number of ether oxygens (including phenoxy) is 1. The number of hydrogen-bond acceptors (Lipinski definition) is 5. The Morgan fingerprint density at radius 3 is 2.34 bits per heavy atom. The molecule has 2 N–H and O–H groups in total. The maximum atomic E-state index is 12.3. The fourth-order valence-corrected chi connectivity index (χ4v) is 2.54. The van der Waals surface area contributed by atoms with Crippen molar-refractivity contribution >= 4 is 29.2 Å². The third-order valence-corrected chi connectivity index (χ3v) is 4.06. The summed E-state index contributed by atoms with van der Waals surface area (Å²) in [6.45, 7) is 3.42. The van der Waals surface area contributed by atoms with Gasteiger partial charge in [-0.25, -0.2) is 4.79 Å². The smallest absolute Gasteiger partial charge is 0.338 e. The van der Waals surface area contributed by atoms with Gasteiger partial charge in [-0.2, -0.15) is 0 Å². The number of esters is 1. The minimum absolute atomic E-state index is 0.182. The number of furan rings is 1. The lowest BCUT2D eigenvalue weighted by Gasteiger charge is -2.14. The summed E-state index contributed by atoms with van der Waals surface area (Å²) in [6, 6.07) is 16.6. The van der Waals surface area contributed by atoms with Crippen LogP contribution in [0.25, 0.3) is 0 Å². The topological polar surface area (TPSA) is 97.6 Å². The summed E-state index contributed by atoms with van der Waals surface area (Å²) in [5.74, 6) is -1.28. The van der Waals surface area contributed by atoms with E-state index in [-0.39, 0.29) is 11.3 Å². The Morgan fingerprint density at radius 2 is 1.69 bits per heavy atom. The Labute approximate surface area is 167 Å². The van der Waals surface area contributed by atoms with Crippen LogP contribution in [-0.2, 0) is 9.53 Å². The first-order valence-electron chi connectivity index (χ1n) is 8.96. The molecule has 0 aliphatic heterocycles. The first-order chi connectivity index (χ1) is 13.9. The van der Waals surface area contributed by atoms with Gasteiger partial charge in [0.05, 0.1) is 11.8 Å². The summed E-state index contributed by atoms with van der Waals surface area (Å²) in [5.41, 5.74) is 2.39. The monoisotopic (exact) mass is 392 g/mol. The van der Waals surface area contributed by atoms with E-state index in [1.54, 1.807) is 30.3 Å². The molecule has 0 saturated carbocycles. The number of rotatable bonds is 6. The second-order valence-electron chi connectivity index (χ2n) is 6.42. The summed E-state index contributed by atoms with van der Waals surface area (Å²) >= 11 is 0. The van der Waals surface area contributed by atoms with Crippen molar-refractivity contribution < 1.29 is 23.5 Å². The lowest BCUT2D eigenvalue weighted by molar-refractivity contribution is -0.123. The normalized spacial score (nSPS) is 11.4. The van der Waals surface area contributed by atoms with Gasteiger partial charge in [0.1, 0.15) is 0 Å². The Hall–Kier alpha value is -3.87. The van der Waals surface area contributed by atoms with Crippen LogP contribution in [0.5, 0.6) is 0 Å². The lowest BCUT2D eigenvalue weighted by Crippen LogP contribution is -2.30. The Kier molecular flexibility index (Phi) is 6.09. The quantitative estimate of drug-likeness (QED) is 0.618. The summed E-state index contributed by atoms with van der Waals surface area (Å²) < 4.78 is 10.2. The van der Waals surface area contributed by atoms with Gasteiger partial charge in [0.25, 0.3) is 11.8 Å². The molecule has 1 heterocycles. The third-order valence-electron chi connectivity index (χ3n) is 4.06. The molecular formula is C22H20N2O5. The Bertz CT molecular complexity index is 1010. The molecule has 29 heavy (non-hydrogen) atoms. The summed E-state index contributed by atoms with van der Waals surface area (Å²) in [4.78, 5) is 36.5. The van der Waals surface area contributed by atoms with Crippen LogP contribution in [0.2, 0.25) is 0 Å². The van der Waals surface area contributed by atoms with Crippen LogP contribution in [0.3, 0.4) is 0 Å². The van der Waals surface area contributed by atoms with E-state index in [2.05, 4.69) is 10.6 Å². The third kappa shape index (κ3) is 5.32. The fraction of sp³-hybridized carbons (Fsp3) is 0.136. The molecule has 3 rings (SSSR count). The van der Waals surface area contributed by atoms with E-state index in [0.29, 0.717) is 11.4 Å². The molecule has 0 aliphatic carbocycles. The van der Waals surface area contributed by atoms with Crippen molar-refractivity contribution in [3.63, 3.8) is 0 Å². The standard InChI is InChI=1S/C22H20N2O5/c1-14-5-3-6-18(13-14)24-20(25)15(2)29-22(27)16-8-10-17(11-9-16)23-21(26)19-7-4-12-28-19/h3-13,15H,1-2H3,(H,23,26)(H,24,25)/t15-/m0/s1. The van der Waals surface area contributed by atoms with E-state index in [9.17, 15) is 14.4 Å². The molecule has 2 aromatic carbocycles. The molecule has 0 spiro atoms. The van der Waals surface area contributed by atoms with Gasteiger partial charge in [-0.05, 0) is 67.9 Å². The van der Waals surface area contributed by atoms with E-state index < -0.39 is 23.9 Å². The molecule has 0 bridgehead atoms. The largest absolute Gasteiger partial charge is 0.459 e. The van der Waals surface area contributed by atoms with Gasteiger partial charge in [0.15, 0.2) is 11.9 Å². The molecule has 1 atom stereocenters. The average Bonchev–Trinajstić information content (AvgIpc) is 3.23. The zero-order valence-electron chi connectivity index (χ0n) is 16.0. The van der Waals surface area contributed by atoms with Crippen LogP contribution in [0.15, 0.2) is 71.3 Å². The predicted molar refractivity (Wildman–Crippen MR) is 108 cm³/mol. The van der Waals surface area contributed by atoms with Crippen LogP contribution < -0.4 is 10.6 Å². The van der Waals surface area contributed by atoms with Gasteiger partial charge in [0, 0.05) is 11.4 Å². The molecule has 0 radical (unpaired) electrons. The summed E-state index contributed by atoms with van der Waals surface area (Å²) in [5, 5.41) is 5.36. The summed E-state index contributed by atoms with van der Waals surface area (Å²) in [6.07, 6.45) is 0.436. The highest BCUT2D eigenvalue weighted by atomic mass is 16.5. The van der Waals surface area contributed by atoms with Crippen LogP contribution in [-0.4, -0.2) is 23.9 Å². The average molecular weight is 392 g/mol. The van der Waals surface area contributed by atoms with Crippen molar-refractivity contribution in [3.05, 3.63) is 83.8 Å². The second kappa shape index (κ2) is 8.88. The van der Waals surface area contributed by atoms with Crippen LogP contribution in [0.4, 0.5) is 11.4 Å². The molecule has 0 aliphatic rings. The van der Waals surface area contributed by atoms with Crippen molar-refractivity contribution in [1.29, 1.82) is 0 Å². The lowest BCUT2D eigenvalue weighted by atomic mass is 10.2. The van der Waals surface area contributed by atoms with E-state index in [1.165, 1.54) is 25.3 Å². The highest BCUT2D eigenvalue weighted by Gasteiger charge is 2.19. The number of amides is 2. The minimum Gasteiger partial charge on any atom is -0.459 e. The molecular weight excluding hydrogens is 372 g/mol. The number of carbonyl (C=O) groups excluding carboxylic acids is 3. The number of anilines is 2. The van der Waals surface area contributed by atoms with Gasteiger partial charge >= 0.3 is 5.97 Å². The van der Waals surface area contributed by atoms with Crippen molar-refractivity contribution in [1.82, 2.24) is 0 Å². The number of benzene rings is 2. The number of aryl methyl sites for hydroxylation is 1. The van der Waals surface area contributed by atoms with Gasteiger partial charge in [-0.15, -0.1) is 0 Å². The Morgan fingerprint density at radius 1 is 0.931 bits per heavy atom. The van der Waals surface area contributed by atoms with Crippen molar-refractivity contribution in [2.24, 2.45) is 0 Å². The maximum Gasteiger partial charge on any atom is 0.338 e. The van der Waals surface area contributed by atoms with E-state index in [1.807, 2.05) is 25.1 Å². The number of hydrogen-bond donors (Lipinski definition) is 2. The first kappa shape index (κ1) is 19.9. The molecule has 0 saturated heterocycles. The molecule has 2 amide bonds. The van der Waals surface area contributed by atoms with Crippen molar-refractivity contribution in [2.45, 2.75) is 20.0 Å². The molecule has 1 aromatic heterocycles. The number of nitrogens with one attached hydrogen (secondary N) is 2. The molecule has 0 unspecified atom stereocenters. The van der Waals surface area contributed by atoms with Gasteiger partial charge in [-0.1, -0.05) is 12.1 Å². The number of carbonyl (C=O) groups is 3. The fourth-order valence-electron chi connectivity index (χ4n) is 2.54. The van der Waals surface area contributed by atoms with Gasteiger partial charge in [0.2, 0.25) is 0 Å². The first-order valence-corrected chi connectivity index (χ1v) is 8.96. The summed E-state index contributed by atoms with van der Waals surface area (Å²) in [7, 11) is 0. The van der Waals surface area contributed by atoms with Crippen molar-refractivity contribution in [2.75, 3.05) is 10.6 Å². The maximum absolute atomic E-state index is 12.3. The molecule has 3 aromatic rings.